The molecule has 0 spiro atoms. The van der Waals surface area contributed by atoms with E-state index in [9.17, 15) is 5.26 Å². The van der Waals surface area contributed by atoms with Gasteiger partial charge in [0.05, 0.1) is 11.5 Å². The molecule has 19 heavy (non-hydrogen) atoms. The SMILES string of the molecule is CCCC1CCC(C#N)(CCOCCC(C)C)CC1. The largest absolute Gasteiger partial charge is 0.381 e. The van der Waals surface area contributed by atoms with Crippen LogP contribution in [-0.2, 0) is 4.74 Å². The minimum atomic E-state index is -0.0813. The fourth-order valence-electron chi connectivity index (χ4n) is 3.03. The van der Waals surface area contributed by atoms with Crippen molar-refractivity contribution in [3.05, 3.63) is 0 Å². The molecule has 0 radical (unpaired) electrons. The number of hydrogen-bond acceptors (Lipinski definition) is 2. The summed E-state index contributed by atoms with van der Waals surface area (Å²) in [5.41, 5.74) is -0.0813. The number of nitrogens with zero attached hydrogens (tertiary/aromatic N) is 1. The highest BCUT2D eigenvalue weighted by Gasteiger charge is 2.34. The highest BCUT2D eigenvalue weighted by molar-refractivity contribution is 5.01. The van der Waals surface area contributed by atoms with Crippen LogP contribution < -0.4 is 0 Å². The van der Waals surface area contributed by atoms with Gasteiger partial charge in [0.1, 0.15) is 0 Å². The Morgan fingerprint density at radius 3 is 2.47 bits per heavy atom. The molecule has 0 aromatic rings. The summed E-state index contributed by atoms with van der Waals surface area (Å²) >= 11 is 0. The van der Waals surface area contributed by atoms with E-state index in [1.54, 1.807) is 0 Å². The third-order valence-corrected chi connectivity index (χ3v) is 4.56. The predicted octanol–water partition coefficient (Wildman–Crippen LogP) is 4.94. The van der Waals surface area contributed by atoms with Crippen LogP contribution in [0.15, 0.2) is 0 Å². The first-order valence-electron chi connectivity index (χ1n) is 8.11. The van der Waals surface area contributed by atoms with E-state index in [1.807, 2.05) is 0 Å². The van der Waals surface area contributed by atoms with Crippen molar-refractivity contribution in [2.45, 2.75) is 72.1 Å². The van der Waals surface area contributed by atoms with Crippen molar-refractivity contribution in [3.8, 4) is 6.07 Å². The summed E-state index contributed by atoms with van der Waals surface area (Å²) in [6.45, 7) is 8.30. The molecule has 1 rings (SSSR count). The Hall–Kier alpha value is -0.550. The quantitative estimate of drug-likeness (QED) is 0.582. The Morgan fingerprint density at radius 1 is 1.26 bits per heavy atom. The molecule has 2 nitrogen and oxygen atoms in total. The van der Waals surface area contributed by atoms with Gasteiger partial charge in [0, 0.05) is 13.2 Å². The molecule has 110 valence electrons. The smallest absolute Gasteiger partial charge is 0.0690 e. The van der Waals surface area contributed by atoms with Gasteiger partial charge in [0.15, 0.2) is 0 Å². The molecule has 1 saturated carbocycles. The van der Waals surface area contributed by atoms with E-state index in [0.29, 0.717) is 5.92 Å². The Labute approximate surface area is 119 Å². The number of ether oxygens (including phenoxy) is 1. The molecule has 0 amide bonds. The van der Waals surface area contributed by atoms with Gasteiger partial charge >= 0.3 is 0 Å². The van der Waals surface area contributed by atoms with E-state index in [4.69, 9.17) is 4.74 Å². The predicted molar refractivity (Wildman–Crippen MR) is 79.8 cm³/mol. The van der Waals surface area contributed by atoms with Crippen LogP contribution in [0.3, 0.4) is 0 Å². The third-order valence-electron chi connectivity index (χ3n) is 4.56. The minimum Gasteiger partial charge on any atom is -0.381 e. The van der Waals surface area contributed by atoms with Crippen LogP contribution in [0.2, 0.25) is 0 Å². The molecule has 0 aliphatic heterocycles. The fraction of sp³-hybridized carbons (Fsp3) is 0.941. The van der Waals surface area contributed by atoms with E-state index in [1.165, 1.54) is 25.7 Å². The number of hydrogen-bond donors (Lipinski definition) is 0. The molecule has 1 aliphatic carbocycles. The van der Waals surface area contributed by atoms with Crippen molar-refractivity contribution >= 4 is 0 Å². The summed E-state index contributed by atoms with van der Waals surface area (Å²) in [6.07, 6.45) is 9.33. The topological polar surface area (TPSA) is 33.0 Å². The average molecular weight is 265 g/mol. The summed E-state index contributed by atoms with van der Waals surface area (Å²) in [5.74, 6) is 1.57. The Morgan fingerprint density at radius 2 is 1.95 bits per heavy atom. The van der Waals surface area contributed by atoms with Crippen LogP contribution >= 0.6 is 0 Å². The summed E-state index contributed by atoms with van der Waals surface area (Å²) in [7, 11) is 0. The van der Waals surface area contributed by atoms with Gasteiger partial charge in [0.25, 0.3) is 0 Å². The van der Waals surface area contributed by atoms with Gasteiger partial charge in [-0.25, -0.2) is 0 Å². The highest BCUT2D eigenvalue weighted by Crippen LogP contribution is 2.42. The molecule has 0 saturated heterocycles. The zero-order chi connectivity index (χ0) is 14.1. The second-order valence-corrected chi connectivity index (χ2v) is 6.67. The second-order valence-electron chi connectivity index (χ2n) is 6.67. The number of rotatable bonds is 8. The first-order valence-corrected chi connectivity index (χ1v) is 8.11. The monoisotopic (exact) mass is 265 g/mol. The van der Waals surface area contributed by atoms with Gasteiger partial charge in [-0.15, -0.1) is 0 Å². The normalized spacial score (nSPS) is 27.4. The van der Waals surface area contributed by atoms with Crippen LogP contribution in [0.25, 0.3) is 0 Å². The molecular formula is C17H31NO. The molecule has 1 aliphatic rings. The minimum absolute atomic E-state index is 0.0813. The van der Waals surface area contributed by atoms with Crippen LogP contribution in [0.1, 0.15) is 72.1 Å². The summed E-state index contributed by atoms with van der Waals surface area (Å²) in [4.78, 5) is 0. The van der Waals surface area contributed by atoms with Gasteiger partial charge in [-0.05, 0) is 50.4 Å². The molecule has 0 heterocycles. The Balaban J connectivity index is 2.24. The highest BCUT2D eigenvalue weighted by atomic mass is 16.5. The molecule has 0 bridgehead atoms. The molecule has 1 fully saturated rings. The lowest BCUT2D eigenvalue weighted by molar-refractivity contribution is 0.0823. The van der Waals surface area contributed by atoms with Crippen molar-refractivity contribution < 1.29 is 4.74 Å². The molecule has 0 aromatic carbocycles. The van der Waals surface area contributed by atoms with Crippen LogP contribution in [0.4, 0.5) is 0 Å². The van der Waals surface area contributed by atoms with Crippen molar-refractivity contribution in [1.29, 1.82) is 5.26 Å². The second kappa shape index (κ2) is 8.59. The first kappa shape index (κ1) is 16.5. The zero-order valence-corrected chi connectivity index (χ0v) is 13.1. The van der Waals surface area contributed by atoms with Crippen molar-refractivity contribution in [1.82, 2.24) is 0 Å². The molecule has 2 heteroatoms. The fourth-order valence-corrected chi connectivity index (χ4v) is 3.03. The third kappa shape index (κ3) is 5.95. The Kier molecular flexibility index (Phi) is 7.46. The maximum Gasteiger partial charge on any atom is 0.0690 e. The first-order chi connectivity index (χ1) is 9.12. The van der Waals surface area contributed by atoms with Crippen LogP contribution in [0.5, 0.6) is 0 Å². The van der Waals surface area contributed by atoms with E-state index in [-0.39, 0.29) is 5.41 Å². The van der Waals surface area contributed by atoms with E-state index in [2.05, 4.69) is 26.8 Å². The van der Waals surface area contributed by atoms with Gasteiger partial charge in [0.2, 0.25) is 0 Å². The van der Waals surface area contributed by atoms with Crippen molar-refractivity contribution in [2.24, 2.45) is 17.3 Å². The van der Waals surface area contributed by atoms with E-state index in [0.717, 1.165) is 44.8 Å². The van der Waals surface area contributed by atoms with Crippen molar-refractivity contribution in [3.63, 3.8) is 0 Å². The molecule has 0 N–H and O–H groups in total. The van der Waals surface area contributed by atoms with E-state index >= 15 is 0 Å². The lowest BCUT2D eigenvalue weighted by Crippen LogP contribution is -2.27. The molecule has 0 aromatic heterocycles. The molecule has 0 atom stereocenters. The zero-order valence-electron chi connectivity index (χ0n) is 13.1. The lowest BCUT2D eigenvalue weighted by Gasteiger charge is -2.35. The van der Waals surface area contributed by atoms with Crippen molar-refractivity contribution in [2.75, 3.05) is 13.2 Å². The summed E-state index contributed by atoms with van der Waals surface area (Å²) in [5, 5.41) is 9.50. The summed E-state index contributed by atoms with van der Waals surface area (Å²) < 4.78 is 5.70. The molecular weight excluding hydrogens is 234 g/mol. The standard InChI is InChI=1S/C17H31NO/c1-4-5-16-6-9-17(14-18,10-7-16)11-13-19-12-8-15(2)3/h15-16H,4-13H2,1-3H3. The van der Waals surface area contributed by atoms with Gasteiger partial charge in [-0.1, -0.05) is 33.6 Å². The van der Waals surface area contributed by atoms with Gasteiger partial charge in [-0.2, -0.15) is 5.26 Å². The van der Waals surface area contributed by atoms with Crippen LogP contribution in [0, 0.1) is 28.6 Å². The summed E-state index contributed by atoms with van der Waals surface area (Å²) in [6, 6.07) is 2.60. The number of nitriles is 1. The van der Waals surface area contributed by atoms with Gasteiger partial charge < -0.3 is 4.74 Å². The Bertz CT molecular complexity index is 271. The average Bonchev–Trinajstić information content (AvgIpc) is 2.40. The van der Waals surface area contributed by atoms with Crippen LogP contribution in [-0.4, -0.2) is 13.2 Å². The molecule has 0 unspecified atom stereocenters. The lowest BCUT2D eigenvalue weighted by atomic mass is 9.69. The maximum absolute atomic E-state index is 9.50. The maximum atomic E-state index is 9.50. The van der Waals surface area contributed by atoms with Gasteiger partial charge in [-0.3, -0.25) is 0 Å². The van der Waals surface area contributed by atoms with E-state index < -0.39 is 0 Å².